The van der Waals surface area contributed by atoms with E-state index in [0.717, 1.165) is 11.1 Å². The van der Waals surface area contributed by atoms with E-state index in [2.05, 4.69) is 0 Å². The Hall–Kier alpha value is -0.720. The van der Waals surface area contributed by atoms with Crippen molar-refractivity contribution < 1.29 is 36.1 Å². The SMILES string of the molecule is CC(C)(CCOCc1ccc(COCCC(C)(C)S(=O)(=O)O)cc1)S(O)(O)O. The summed E-state index contributed by atoms with van der Waals surface area (Å²) in [5, 5.41) is 0. The Kier molecular flexibility index (Phi) is 8.91. The summed E-state index contributed by atoms with van der Waals surface area (Å²) in [6, 6.07) is 7.51. The van der Waals surface area contributed by atoms with Gasteiger partial charge in [-0.25, -0.2) is 0 Å². The van der Waals surface area contributed by atoms with Crippen molar-refractivity contribution in [1.29, 1.82) is 0 Å². The Morgan fingerprint density at radius 3 is 1.43 bits per heavy atom. The fourth-order valence-corrected chi connectivity index (χ4v) is 2.71. The Bertz CT molecular complexity index is 706. The van der Waals surface area contributed by atoms with Crippen LogP contribution in [0.25, 0.3) is 0 Å². The van der Waals surface area contributed by atoms with Crippen LogP contribution in [0, 0.1) is 0 Å². The molecule has 8 nitrogen and oxygen atoms in total. The normalized spacial score (nSPS) is 14.3. The summed E-state index contributed by atoms with van der Waals surface area (Å²) in [6.45, 7) is 7.19. The van der Waals surface area contributed by atoms with Gasteiger partial charge < -0.3 is 23.1 Å². The van der Waals surface area contributed by atoms with Crippen LogP contribution in [0.4, 0.5) is 0 Å². The van der Waals surface area contributed by atoms with E-state index < -0.39 is 30.5 Å². The van der Waals surface area contributed by atoms with Gasteiger partial charge in [0.2, 0.25) is 0 Å². The Labute approximate surface area is 169 Å². The fraction of sp³-hybridized carbons (Fsp3) is 0.667. The molecule has 0 unspecified atom stereocenters. The summed E-state index contributed by atoms with van der Waals surface area (Å²) in [4.78, 5) is 0. The van der Waals surface area contributed by atoms with Gasteiger partial charge in [-0.2, -0.15) is 8.42 Å². The first-order valence-corrected chi connectivity index (χ1v) is 11.8. The third-order valence-corrected chi connectivity index (χ3v) is 7.98. The van der Waals surface area contributed by atoms with E-state index in [4.69, 9.17) is 14.0 Å². The fourth-order valence-electron chi connectivity index (χ4n) is 2.01. The van der Waals surface area contributed by atoms with Crippen molar-refractivity contribution in [3.8, 4) is 0 Å². The van der Waals surface area contributed by atoms with Crippen molar-refractivity contribution in [1.82, 2.24) is 0 Å². The maximum atomic E-state index is 11.2. The maximum Gasteiger partial charge on any atom is 0.270 e. The molecule has 0 spiro atoms. The molecular weight excluding hydrogens is 408 g/mol. The highest BCUT2D eigenvalue weighted by atomic mass is 32.3. The molecule has 4 N–H and O–H groups in total. The molecule has 0 saturated carbocycles. The van der Waals surface area contributed by atoms with Crippen LogP contribution in [-0.2, 0) is 32.8 Å². The van der Waals surface area contributed by atoms with Crippen LogP contribution in [0.1, 0.15) is 51.7 Å². The highest BCUT2D eigenvalue weighted by molar-refractivity contribution is 8.20. The predicted octanol–water partition coefficient (Wildman–Crippen LogP) is 4.17. The zero-order valence-corrected chi connectivity index (χ0v) is 18.4. The van der Waals surface area contributed by atoms with E-state index in [1.54, 1.807) is 13.8 Å². The molecule has 0 aliphatic heterocycles. The zero-order valence-electron chi connectivity index (χ0n) is 16.8. The maximum absolute atomic E-state index is 11.2. The molecule has 0 aliphatic carbocycles. The first kappa shape index (κ1) is 25.3. The summed E-state index contributed by atoms with van der Waals surface area (Å²) < 4.78 is 68.4. The van der Waals surface area contributed by atoms with Gasteiger partial charge in [-0.05, 0) is 51.7 Å². The molecule has 0 aromatic heterocycles. The van der Waals surface area contributed by atoms with Gasteiger partial charge in [0.05, 0.1) is 33.6 Å². The lowest BCUT2D eigenvalue weighted by atomic mass is 10.1. The van der Waals surface area contributed by atoms with Gasteiger partial charge in [0, 0.05) is 13.2 Å². The number of ether oxygens (including phenoxy) is 2. The first-order chi connectivity index (χ1) is 12.7. The van der Waals surface area contributed by atoms with E-state index in [1.807, 2.05) is 24.3 Å². The smallest absolute Gasteiger partial charge is 0.270 e. The van der Waals surface area contributed by atoms with Crippen molar-refractivity contribution in [3.63, 3.8) is 0 Å². The summed E-state index contributed by atoms with van der Waals surface area (Å²) >= 11 is 0. The molecule has 0 amide bonds. The number of benzene rings is 1. The van der Waals surface area contributed by atoms with Crippen molar-refractivity contribution >= 4 is 21.0 Å². The molecule has 164 valence electrons. The Morgan fingerprint density at radius 1 is 0.750 bits per heavy atom. The van der Waals surface area contributed by atoms with Gasteiger partial charge >= 0.3 is 0 Å². The van der Waals surface area contributed by atoms with Crippen LogP contribution in [-0.4, -0.2) is 49.3 Å². The van der Waals surface area contributed by atoms with Crippen molar-refractivity contribution in [3.05, 3.63) is 35.4 Å². The van der Waals surface area contributed by atoms with Crippen LogP contribution < -0.4 is 0 Å². The second-order valence-electron chi connectivity index (χ2n) is 7.93. The van der Waals surface area contributed by atoms with Crippen molar-refractivity contribution in [2.24, 2.45) is 0 Å². The Morgan fingerprint density at radius 2 is 1.11 bits per heavy atom. The molecule has 1 aromatic rings. The molecule has 0 bridgehead atoms. The molecule has 10 heteroatoms. The second kappa shape index (κ2) is 9.86. The molecule has 0 heterocycles. The molecule has 0 aliphatic rings. The molecule has 28 heavy (non-hydrogen) atoms. The van der Waals surface area contributed by atoms with Gasteiger partial charge in [-0.3, -0.25) is 4.55 Å². The quantitative estimate of drug-likeness (QED) is 0.281. The number of hydrogen-bond donors (Lipinski definition) is 4. The lowest BCUT2D eigenvalue weighted by Crippen LogP contribution is -2.32. The van der Waals surface area contributed by atoms with Gasteiger partial charge in [0.15, 0.2) is 0 Å². The summed E-state index contributed by atoms with van der Waals surface area (Å²) in [7, 11) is -7.74. The molecule has 1 rings (SSSR count). The van der Waals surface area contributed by atoms with E-state index in [0.29, 0.717) is 19.6 Å². The monoisotopic (exact) mass is 440 g/mol. The minimum absolute atomic E-state index is 0.187. The molecule has 1 aromatic carbocycles. The van der Waals surface area contributed by atoms with Crippen molar-refractivity contribution in [2.75, 3.05) is 13.2 Å². The average Bonchev–Trinajstić information content (AvgIpc) is 2.55. The first-order valence-electron chi connectivity index (χ1n) is 8.86. The number of rotatable bonds is 12. The lowest BCUT2D eigenvalue weighted by Gasteiger charge is -2.36. The van der Waals surface area contributed by atoms with Gasteiger partial charge in [-0.15, -0.1) is 0 Å². The Balaban J connectivity index is 2.34. The minimum atomic E-state index is -4.12. The van der Waals surface area contributed by atoms with Crippen LogP contribution in [0.15, 0.2) is 24.3 Å². The largest absolute Gasteiger partial charge is 0.377 e. The zero-order chi connectivity index (χ0) is 21.6. The summed E-state index contributed by atoms with van der Waals surface area (Å²) in [5.41, 5.74) is 1.86. The van der Waals surface area contributed by atoms with Crippen LogP contribution in [0.3, 0.4) is 0 Å². The van der Waals surface area contributed by atoms with Crippen molar-refractivity contribution in [2.45, 2.75) is 63.2 Å². The molecular formula is C18H32O8S2. The predicted molar refractivity (Wildman–Crippen MR) is 110 cm³/mol. The third kappa shape index (κ3) is 7.96. The lowest BCUT2D eigenvalue weighted by molar-refractivity contribution is 0.109. The standard InChI is InChI=1S/C18H32O8S2/c1-17(2,27(19,20)21)9-11-25-13-15-5-7-16(8-6-15)14-26-12-10-18(3,4)28(22,23)24/h5-8,19-21H,9-14H2,1-4H3,(H,22,23,24). The van der Waals surface area contributed by atoms with Crippen LogP contribution >= 0.6 is 10.9 Å². The van der Waals surface area contributed by atoms with Crippen LogP contribution in [0.5, 0.6) is 0 Å². The van der Waals surface area contributed by atoms with Gasteiger partial charge in [-0.1, -0.05) is 24.3 Å². The average molecular weight is 441 g/mol. The third-order valence-electron chi connectivity index (χ3n) is 4.70. The highest BCUT2D eigenvalue weighted by Gasteiger charge is 2.35. The van der Waals surface area contributed by atoms with E-state index in [9.17, 15) is 22.1 Å². The molecule has 0 fully saturated rings. The highest BCUT2D eigenvalue weighted by Crippen LogP contribution is 2.49. The summed E-state index contributed by atoms with van der Waals surface area (Å²) in [6.07, 6.45) is 0.490. The summed E-state index contributed by atoms with van der Waals surface area (Å²) in [5.74, 6) is 0. The van der Waals surface area contributed by atoms with Gasteiger partial charge in [0.1, 0.15) is 0 Å². The molecule has 0 saturated heterocycles. The van der Waals surface area contributed by atoms with Crippen LogP contribution in [0.2, 0.25) is 0 Å². The second-order valence-corrected chi connectivity index (χ2v) is 12.1. The molecule has 0 radical (unpaired) electrons. The van der Waals surface area contributed by atoms with E-state index in [1.165, 1.54) is 13.8 Å². The topological polar surface area (TPSA) is 134 Å². The van der Waals surface area contributed by atoms with E-state index in [-0.39, 0.29) is 19.6 Å². The van der Waals surface area contributed by atoms with Gasteiger partial charge in [0.25, 0.3) is 10.1 Å². The minimum Gasteiger partial charge on any atom is -0.377 e. The molecule has 0 atom stereocenters. The number of hydrogen-bond acceptors (Lipinski definition) is 7. The van der Waals surface area contributed by atoms with E-state index >= 15 is 0 Å².